The van der Waals surface area contributed by atoms with E-state index in [2.05, 4.69) is 47.0 Å². The molecule has 114 valence electrons. The molecule has 0 aliphatic heterocycles. The van der Waals surface area contributed by atoms with Gasteiger partial charge >= 0.3 is 0 Å². The highest BCUT2D eigenvalue weighted by molar-refractivity contribution is 7.99. The molecule has 1 rings (SSSR count). The second-order valence-corrected chi connectivity index (χ2v) is 6.27. The molecule has 0 atom stereocenters. The topological polar surface area (TPSA) is 41.0 Å². The lowest BCUT2D eigenvalue weighted by atomic mass is 10.4. The van der Waals surface area contributed by atoms with Gasteiger partial charge in [-0.3, -0.25) is 0 Å². The second kappa shape index (κ2) is 10.3. The van der Waals surface area contributed by atoms with Gasteiger partial charge in [-0.2, -0.15) is 0 Å². The summed E-state index contributed by atoms with van der Waals surface area (Å²) in [6.07, 6.45) is 3.12. The van der Waals surface area contributed by atoms with Gasteiger partial charge in [-0.25, -0.2) is 9.97 Å². The average molecular weight is 315 g/mol. The lowest BCUT2D eigenvalue weighted by Crippen LogP contribution is -2.25. The Morgan fingerprint density at radius 1 is 1.20 bits per heavy atom. The van der Waals surface area contributed by atoms with E-state index < -0.39 is 0 Å². The summed E-state index contributed by atoms with van der Waals surface area (Å²) in [7, 11) is 0. The number of anilines is 1. The van der Waals surface area contributed by atoms with E-state index in [1.807, 2.05) is 18.0 Å². The summed E-state index contributed by atoms with van der Waals surface area (Å²) >= 11 is 3.40. The van der Waals surface area contributed by atoms with Crippen molar-refractivity contribution in [3.63, 3.8) is 0 Å². The van der Waals surface area contributed by atoms with E-state index in [0.717, 1.165) is 54.4 Å². The fraction of sp³-hybridized carbons (Fsp3) is 0.714. The monoisotopic (exact) mass is 314 g/mol. The Morgan fingerprint density at radius 2 is 1.95 bits per heavy atom. The highest BCUT2D eigenvalue weighted by Crippen LogP contribution is 2.22. The summed E-state index contributed by atoms with van der Waals surface area (Å²) in [5.74, 6) is 2.01. The molecule has 1 heterocycles. The molecule has 4 nitrogen and oxygen atoms in total. The third-order valence-corrected chi connectivity index (χ3v) is 4.41. The van der Waals surface area contributed by atoms with Crippen molar-refractivity contribution < 1.29 is 0 Å². The lowest BCUT2D eigenvalue weighted by molar-refractivity contribution is 0.324. The van der Waals surface area contributed by atoms with Crippen LogP contribution in [0.25, 0.3) is 0 Å². The van der Waals surface area contributed by atoms with E-state index in [4.69, 9.17) is 0 Å². The molecule has 0 radical (unpaired) electrons. The van der Waals surface area contributed by atoms with Crippen LogP contribution in [-0.2, 0) is 0 Å². The first-order chi connectivity index (χ1) is 9.73. The molecule has 0 aliphatic carbocycles. The van der Waals surface area contributed by atoms with Crippen molar-refractivity contribution in [1.82, 2.24) is 14.9 Å². The smallest absolute Gasteiger partial charge is 0.190 e. The van der Waals surface area contributed by atoms with Gasteiger partial charge in [0.2, 0.25) is 0 Å². The number of hydrogen-bond donors (Lipinski definition) is 1. The molecule has 0 amide bonds. The highest BCUT2D eigenvalue weighted by Gasteiger charge is 2.05. The van der Waals surface area contributed by atoms with Crippen LogP contribution in [0.3, 0.4) is 0 Å². The van der Waals surface area contributed by atoms with Gasteiger partial charge in [0, 0.05) is 24.9 Å². The summed E-state index contributed by atoms with van der Waals surface area (Å²) in [5, 5.41) is 5.25. The molecule has 20 heavy (non-hydrogen) atoms. The van der Waals surface area contributed by atoms with Crippen molar-refractivity contribution in [2.45, 2.75) is 37.4 Å². The molecule has 1 aromatic heterocycles. The number of thioether (sulfide) groups is 2. The quantitative estimate of drug-likeness (QED) is 0.405. The number of nitrogens with zero attached hydrogens (tertiary/aromatic N) is 3. The van der Waals surface area contributed by atoms with E-state index in [-0.39, 0.29) is 0 Å². The Morgan fingerprint density at radius 3 is 2.55 bits per heavy atom. The van der Waals surface area contributed by atoms with Crippen LogP contribution in [0.1, 0.15) is 27.2 Å². The molecule has 0 aromatic carbocycles. The van der Waals surface area contributed by atoms with Gasteiger partial charge < -0.3 is 10.2 Å². The minimum atomic E-state index is 0.844. The SMILES string of the molecule is CCCNc1cc(SCCN(CC)CC)nc(SC)n1. The number of rotatable bonds is 10. The first kappa shape index (κ1) is 17.6. The minimum absolute atomic E-state index is 0.844. The van der Waals surface area contributed by atoms with Crippen LogP contribution in [0, 0.1) is 0 Å². The molecule has 0 spiro atoms. The molecule has 0 saturated heterocycles. The van der Waals surface area contributed by atoms with Gasteiger partial charge in [-0.15, -0.1) is 11.8 Å². The van der Waals surface area contributed by atoms with Crippen LogP contribution in [0.15, 0.2) is 16.2 Å². The largest absolute Gasteiger partial charge is 0.370 e. The molecule has 0 fully saturated rings. The molecule has 0 saturated carbocycles. The third-order valence-electron chi connectivity index (χ3n) is 2.97. The van der Waals surface area contributed by atoms with Crippen molar-refractivity contribution in [2.75, 3.05) is 43.5 Å². The molecule has 1 aromatic rings. The van der Waals surface area contributed by atoms with Crippen molar-refractivity contribution in [3.8, 4) is 0 Å². The Hall–Kier alpha value is -0.460. The Kier molecular flexibility index (Phi) is 9.05. The van der Waals surface area contributed by atoms with Gasteiger partial charge in [0.05, 0.1) is 0 Å². The third kappa shape index (κ3) is 6.33. The molecular formula is C14H26N4S2. The van der Waals surface area contributed by atoms with Crippen LogP contribution < -0.4 is 5.32 Å². The van der Waals surface area contributed by atoms with E-state index in [9.17, 15) is 0 Å². The Balaban J connectivity index is 2.59. The van der Waals surface area contributed by atoms with Crippen molar-refractivity contribution >= 4 is 29.3 Å². The fourth-order valence-electron chi connectivity index (χ4n) is 1.73. The molecule has 1 N–H and O–H groups in total. The van der Waals surface area contributed by atoms with Gasteiger partial charge in [0.25, 0.3) is 0 Å². The van der Waals surface area contributed by atoms with Crippen LogP contribution in [-0.4, -0.2) is 53.1 Å². The predicted molar refractivity (Wildman–Crippen MR) is 91.1 cm³/mol. The molecule has 0 aliphatic rings. The molecule has 0 bridgehead atoms. The van der Waals surface area contributed by atoms with E-state index in [0.29, 0.717) is 0 Å². The average Bonchev–Trinajstić information content (AvgIpc) is 2.49. The van der Waals surface area contributed by atoms with E-state index >= 15 is 0 Å². The standard InChI is InChI=1S/C14H26N4S2/c1-5-8-15-12-11-13(17-14(16-12)19-4)20-10-9-18(6-2)7-3/h11H,5-10H2,1-4H3,(H,15,16,17). The summed E-state index contributed by atoms with van der Waals surface area (Å²) in [6, 6.07) is 2.06. The number of aromatic nitrogens is 2. The maximum atomic E-state index is 4.56. The van der Waals surface area contributed by atoms with Gasteiger partial charge in [-0.05, 0) is 25.8 Å². The van der Waals surface area contributed by atoms with E-state index in [1.54, 1.807) is 11.8 Å². The normalized spacial score (nSPS) is 11.1. The predicted octanol–water partition coefficient (Wildman–Crippen LogP) is 3.45. The molecule has 0 unspecified atom stereocenters. The second-order valence-electron chi connectivity index (χ2n) is 4.38. The van der Waals surface area contributed by atoms with Crippen LogP contribution in [0.5, 0.6) is 0 Å². The zero-order valence-corrected chi connectivity index (χ0v) is 14.6. The first-order valence-electron chi connectivity index (χ1n) is 7.25. The van der Waals surface area contributed by atoms with E-state index in [1.165, 1.54) is 0 Å². The van der Waals surface area contributed by atoms with Gasteiger partial charge in [-0.1, -0.05) is 32.5 Å². The number of nitrogens with one attached hydrogen (secondary N) is 1. The van der Waals surface area contributed by atoms with Crippen LogP contribution >= 0.6 is 23.5 Å². The van der Waals surface area contributed by atoms with Crippen molar-refractivity contribution in [1.29, 1.82) is 0 Å². The molecule has 6 heteroatoms. The van der Waals surface area contributed by atoms with Crippen molar-refractivity contribution in [2.24, 2.45) is 0 Å². The summed E-state index contributed by atoms with van der Waals surface area (Å²) in [5.41, 5.74) is 0. The maximum Gasteiger partial charge on any atom is 0.190 e. The van der Waals surface area contributed by atoms with Crippen molar-refractivity contribution in [3.05, 3.63) is 6.07 Å². The maximum absolute atomic E-state index is 4.56. The number of hydrogen-bond acceptors (Lipinski definition) is 6. The minimum Gasteiger partial charge on any atom is -0.370 e. The summed E-state index contributed by atoms with van der Waals surface area (Å²) in [4.78, 5) is 11.5. The Labute approximate surface area is 131 Å². The Bertz CT molecular complexity index is 383. The summed E-state index contributed by atoms with van der Waals surface area (Å²) in [6.45, 7) is 10.8. The molecular weight excluding hydrogens is 288 g/mol. The highest BCUT2D eigenvalue weighted by atomic mass is 32.2. The van der Waals surface area contributed by atoms with Crippen LogP contribution in [0.2, 0.25) is 0 Å². The zero-order valence-electron chi connectivity index (χ0n) is 13.0. The van der Waals surface area contributed by atoms with Gasteiger partial charge in [0.15, 0.2) is 5.16 Å². The first-order valence-corrected chi connectivity index (χ1v) is 9.46. The van der Waals surface area contributed by atoms with Crippen LogP contribution in [0.4, 0.5) is 5.82 Å². The zero-order chi connectivity index (χ0) is 14.8. The lowest BCUT2D eigenvalue weighted by Gasteiger charge is -2.17. The fourth-order valence-corrected chi connectivity index (χ4v) is 3.07. The summed E-state index contributed by atoms with van der Waals surface area (Å²) < 4.78 is 0. The van der Waals surface area contributed by atoms with Gasteiger partial charge in [0.1, 0.15) is 10.8 Å².